The van der Waals surface area contributed by atoms with Crippen LogP contribution in [0.25, 0.3) is 0 Å². The van der Waals surface area contributed by atoms with Gasteiger partial charge in [-0.05, 0) is 12.1 Å². The predicted molar refractivity (Wildman–Crippen MR) is 79.1 cm³/mol. The Morgan fingerprint density at radius 1 is 0.955 bits per heavy atom. The molecule has 2 aromatic carbocycles. The van der Waals surface area contributed by atoms with E-state index in [9.17, 15) is 18.0 Å². The topological polar surface area (TPSA) is 101 Å². The van der Waals surface area contributed by atoms with E-state index >= 15 is 0 Å². The Morgan fingerprint density at radius 2 is 1.55 bits per heavy atom. The van der Waals surface area contributed by atoms with Gasteiger partial charge in [0.1, 0.15) is 6.54 Å². The number of nitrogens with one attached hydrogen (secondary N) is 1. The first-order chi connectivity index (χ1) is 10.4. The predicted octanol–water partition coefficient (Wildman–Crippen LogP) is 1.28. The van der Waals surface area contributed by atoms with Crippen molar-refractivity contribution in [1.29, 1.82) is 0 Å². The van der Waals surface area contributed by atoms with E-state index in [0.717, 1.165) is 0 Å². The Hall–Kier alpha value is -2.51. The van der Waals surface area contributed by atoms with Crippen molar-refractivity contribution < 1.29 is 23.1 Å². The van der Waals surface area contributed by atoms with Crippen molar-refractivity contribution in [2.45, 2.75) is 4.90 Å². The Labute approximate surface area is 127 Å². The Bertz CT molecular complexity index is 800. The summed E-state index contributed by atoms with van der Waals surface area (Å²) in [6.07, 6.45) is 0. The number of rotatable bonds is 6. The summed E-state index contributed by atoms with van der Waals surface area (Å²) >= 11 is 0. The summed E-state index contributed by atoms with van der Waals surface area (Å²) in [7, 11) is -4.09. The number of carbonyl (C=O) groups excluding carboxylic acids is 1. The molecule has 0 aromatic heterocycles. The Morgan fingerprint density at radius 3 is 2.18 bits per heavy atom. The molecule has 0 fully saturated rings. The minimum Gasteiger partial charge on any atom is -0.480 e. The molecule has 0 atom stereocenters. The molecule has 0 aliphatic heterocycles. The van der Waals surface area contributed by atoms with Gasteiger partial charge in [0, 0.05) is 11.1 Å². The van der Waals surface area contributed by atoms with E-state index in [1.165, 1.54) is 18.2 Å². The zero-order valence-corrected chi connectivity index (χ0v) is 12.2. The van der Waals surface area contributed by atoms with Gasteiger partial charge in [-0.2, -0.15) is 4.72 Å². The third kappa shape index (κ3) is 3.57. The number of hydrogen-bond donors (Lipinski definition) is 2. The van der Waals surface area contributed by atoms with Crippen LogP contribution in [-0.4, -0.2) is 31.8 Å². The van der Waals surface area contributed by atoms with Crippen LogP contribution in [-0.2, 0) is 14.8 Å². The maximum absolute atomic E-state index is 12.4. The third-order valence-corrected chi connectivity index (χ3v) is 4.33. The van der Waals surface area contributed by atoms with Gasteiger partial charge in [-0.25, -0.2) is 8.42 Å². The van der Waals surface area contributed by atoms with Crippen molar-refractivity contribution in [1.82, 2.24) is 4.72 Å². The SMILES string of the molecule is O=C(O)CNS(=O)(=O)c1ccccc1C(=O)c1ccccc1. The highest BCUT2D eigenvalue weighted by atomic mass is 32.2. The van der Waals surface area contributed by atoms with Gasteiger partial charge in [0.15, 0.2) is 5.78 Å². The second kappa shape index (κ2) is 6.50. The number of carbonyl (C=O) groups is 2. The smallest absolute Gasteiger partial charge is 0.318 e. The quantitative estimate of drug-likeness (QED) is 0.781. The Kier molecular flexibility index (Phi) is 4.69. The van der Waals surface area contributed by atoms with Crippen molar-refractivity contribution in [2.24, 2.45) is 0 Å². The second-order valence-electron chi connectivity index (χ2n) is 4.41. The third-order valence-electron chi connectivity index (χ3n) is 2.87. The zero-order valence-electron chi connectivity index (χ0n) is 11.4. The minimum absolute atomic E-state index is 0.00779. The molecule has 22 heavy (non-hydrogen) atoms. The van der Waals surface area contributed by atoms with E-state index in [-0.39, 0.29) is 10.5 Å². The van der Waals surface area contributed by atoms with E-state index in [4.69, 9.17) is 5.11 Å². The summed E-state index contributed by atoms with van der Waals surface area (Å²) < 4.78 is 26.3. The van der Waals surface area contributed by atoms with Gasteiger partial charge in [0.2, 0.25) is 10.0 Å². The fourth-order valence-corrected chi connectivity index (χ4v) is 3.05. The van der Waals surface area contributed by atoms with Gasteiger partial charge in [0.25, 0.3) is 0 Å². The Balaban J connectivity index is 2.43. The standard InChI is InChI=1S/C15H13NO5S/c17-14(18)10-16-22(20,21)13-9-5-4-8-12(13)15(19)11-6-2-1-3-7-11/h1-9,16H,10H2,(H,17,18). The van der Waals surface area contributed by atoms with E-state index in [2.05, 4.69) is 0 Å². The molecule has 0 aliphatic carbocycles. The molecule has 0 amide bonds. The first kappa shape index (κ1) is 15.9. The number of ketones is 1. The first-order valence-corrected chi connectivity index (χ1v) is 7.80. The van der Waals surface area contributed by atoms with Crippen molar-refractivity contribution in [3.05, 3.63) is 65.7 Å². The summed E-state index contributed by atoms with van der Waals surface area (Å²) in [4.78, 5) is 22.7. The average molecular weight is 319 g/mol. The molecule has 0 unspecified atom stereocenters. The lowest BCUT2D eigenvalue weighted by Crippen LogP contribution is -2.30. The molecule has 114 valence electrons. The lowest BCUT2D eigenvalue weighted by Gasteiger charge is -2.10. The van der Waals surface area contributed by atoms with Crippen LogP contribution in [0.5, 0.6) is 0 Å². The summed E-state index contributed by atoms with van der Waals surface area (Å²) in [6.45, 7) is -0.754. The lowest BCUT2D eigenvalue weighted by atomic mass is 10.0. The molecule has 0 heterocycles. The molecule has 0 saturated heterocycles. The number of hydrogen-bond acceptors (Lipinski definition) is 4. The van der Waals surface area contributed by atoms with E-state index in [1.807, 2.05) is 4.72 Å². The normalized spacial score (nSPS) is 11.1. The molecule has 0 radical (unpaired) electrons. The highest BCUT2D eigenvalue weighted by Crippen LogP contribution is 2.19. The molecule has 2 N–H and O–H groups in total. The molecular weight excluding hydrogens is 306 g/mol. The monoisotopic (exact) mass is 319 g/mol. The average Bonchev–Trinajstić information content (AvgIpc) is 2.53. The molecule has 0 spiro atoms. The summed E-state index contributed by atoms with van der Waals surface area (Å²) in [5, 5.41) is 8.59. The summed E-state index contributed by atoms with van der Waals surface area (Å²) in [5.74, 6) is -1.76. The van der Waals surface area contributed by atoms with Crippen LogP contribution in [0.1, 0.15) is 15.9 Å². The maximum Gasteiger partial charge on any atom is 0.318 e. The number of benzene rings is 2. The van der Waals surface area contributed by atoms with Crippen LogP contribution < -0.4 is 4.72 Å². The van der Waals surface area contributed by atoms with Crippen LogP contribution in [0, 0.1) is 0 Å². The molecule has 2 aromatic rings. The fourth-order valence-electron chi connectivity index (χ4n) is 1.87. The molecule has 6 nitrogen and oxygen atoms in total. The number of aliphatic carboxylic acids is 1. The molecule has 7 heteroatoms. The second-order valence-corrected chi connectivity index (χ2v) is 6.14. The minimum atomic E-state index is -4.09. The fraction of sp³-hybridized carbons (Fsp3) is 0.0667. The van der Waals surface area contributed by atoms with Gasteiger partial charge >= 0.3 is 5.97 Å². The lowest BCUT2D eigenvalue weighted by molar-refractivity contribution is -0.135. The first-order valence-electron chi connectivity index (χ1n) is 6.32. The number of carboxylic acids is 1. The van der Waals surface area contributed by atoms with Crippen LogP contribution in [0.4, 0.5) is 0 Å². The van der Waals surface area contributed by atoms with E-state index in [0.29, 0.717) is 5.56 Å². The number of carboxylic acid groups (broad SMARTS) is 1. The molecule has 2 rings (SSSR count). The van der Waals surface area contributed by atoms with Crippen LogP contribution in [0.2, 0.25) is 0 Å². The van der Waals surface area contributed by atoms with Gasteiger partial charge in [-0.3, -0.25) is 9.59 Å². The van der Waals surface area contributed by atoms with Gasteiger partial charge in [-0.15, -0.1) is 0 Å². The molecular formula is C15H13NO5S. The molecule has 0 bridgehead atoms. The van der Waals surface area contributed by atoms with E-state index < -0.39 is 28.3 Å². The summed E-state index contributed by atoms with van der Waals surface area (Å²) in [5.41, 5.74) is 0.343. The highest BCUT2D eigenvalue weighted by molar-refractivity contribution is 7.89. The zero-order chi connectivity index (χ0) is 16.2. The largest absolute Gasteiger partial charge is 0.480 e. The van der Waals surface area contributed by atoms with Crippen molar-refractivity contribution in [3.8, 4) is 0 Å². The van der Waals surface area contributed by atoms with Crippen LogP contribution in [0.15, 0.2) is 59.5 Å². The molecule has 0 aliphatic rings. The van der Waals surface area contributed by atoms with Gasteiger partial charge in [-0.1, -0.05) is 42.5 Å². The van der Waals surface area contributed by atoms with Crippen LogP contribution >= 0.6 is 0 Å². The van der Waals surface area contributed by atoms with Crippen molar-refractivity contribution in [3.63, 3.8) is 0 Å². The van der Waals surface area contributed by atoms with Crippen molar-refractivity contribution in [2.75, 3.05) is 6.54 Å². The summed E-state index contributed by atoms with van der Waals surface area (Å²) in [6, 6.07) is 13.9. The highest BCUT2D eigenvalue weighted by Gasteiger charge is 2.23. The van der Waals surface area contributed by atoms with Crippen molar-refractivity contribution >= 4 is 21.8 Å². The number of sulfonamides is 1. The van der Waals surface area contributed by atoms with Crippen LogP contribution in [0.3, 0.4) is 0 Å². The molecule has 0 saturated carbocycles. The maximum atomic E-state index is 12.4. The van der Waals surface area contributed by atoms with Gasteiger partial charge in [0.05, 0.1) is 4.90 Å². The van der Waals surface area contributed by atoms with E-state index in [1.54, 1.807) is 36.4 Å². The van der Waals surface area contributed by atoms with Gasteiger partial charge < -0.3 is 5.11 Å².